The average Bonchev–Trinajstić information content (AvgIpc) is 2.99. The Balaban J connectivity index is 1.95. The van der Waals surface area contributed by atoms with Gasteiger partial charge in [0.05, 0.1) is 19.9 Å². The molecule has 0 unspecified atom stereocenters. The van der Waals surface area contributed by atoms with Crippen molar-refractivity contribution in [3.8, 4) is 11.5 Å². The Bertz CT molecular complexity index is 714. The fourth-order valence-corrected chi connectivity index (χ4v) is 2.14. The molecule has 0 saturated heterocycles. The van der Waals surface area contributed by atoms with Crippen molar-refractivity contribution in [2.75, 3.05) is 26.1 Å². The lowest BCUT2D eigenvalue weighted by molar-refractivity contribution is -0.119. The van der Waals surface area contributed by atoms with E-state index in [9.17, 15) is 9.59 Å². The number of anilines is 1. The van der Waals surface area contributed by atoms with E-state index in [0.29, 0.717) is 17.2 Å². The van der Waals surface area contributed by atoms with E-state index < -0.39 is 18.5 Å². The first-order valence-electron chi connectivity index (χ1n) is 6.56. The molecule has 1 aromatic heterocycles. The van der Waals surface area contributed by atoms with Crippen molar-refractivity contribution in [1.29, 1.82) is 0 Å². The van der Waals surface area contributed by atoms with Gasteiger partial charge in [-0.3, -0.25) is 4.79 Å². The summed E-state index contributed by atoms with van der Waals surface area (Å²) >= 11 is 3.21. The maximum Gasteiger partial charge on any atom is 0.355 e. The van der Waals surface area contributed by atoms with E-state index in [4.69, 9.17) is 14.2 Å². The zero-order chi connectivity index (χ0) is 16.8. The van der Waals surface area contributed by atoms with E-state index in [1.807, 2.05) is 0 Å². The number of ether oxygens (including phenoxy) is 3. The smallest absolute Gasteiger partial charge is 0.355 e. The maximum atomic E-state index is 11.9. The number of hydrogen-bond donors (Lipinski definition) is 2. The highest BCUT2D eigenvalue weighted by molar-refractivity contribution is 9.10. The quantitative estimate of drug-likeness (QED) is 0.749. The second kappa shape index (κ2) is 7.68. The number of rotatable bonds is 6. The molecule has 8 heteroatoms. The largest absolute Gasteiger partial charge is 0.497 e. The molecule has 1 amide bonds. The van der Waals surface area contributed by atoms with Crippen molar-refractivity contribution >= 4 is 33.5 Å². The van der Waals surface area contributed by atoms with Crippen molar-refractivity contribution in [3.05, 3.63) is 40.6 Å². The van der Waals surface area contributed by atoms with Gasteiger partial charge < -0.3 is 24.5 Å². The van der Waals surface area contributed by atoms with Crippen LogP contribution >= 0.6 is 15.9 Å². The number of H-pyrrole nitrogens is 1. The van der Waals surface area contributed by atoms with Crippen molar-refractivity contribution in [3.63, 3.8) is 0 Å². The average molecular weight is 383 g/mol. The van der Waals surface area contributed by atoms with Crippen LogP contribution in [0.4, 0.5) is 5.69 Å². The minimum absolute atomic E-state index is 0.253. The van der Waals surface area contributed by atoms with Gasteiger partial charge in [-0.2, -0.15) is 0 Å². The molecule has 0 spiro atoms. The van der Waals surface area contributed by atoms with E-state index in [1.54, 1.807) is 30.5 Å². The number of amides is 1. The van der Waals surface area contributed by atoms with Crippen molar-refractivity contribution < 1.29 is 23.8 Å². The number of methoxy groups -OCH3 is 2. The predicted molar refractivity (Wildman–Crippen MR) is 87.0 cm³/mol. The number of halogens is 1. The first kappa shape index (κ1) is 16.9. The first-order valence-corrected chi connectivity index (χ1v) is 7.35. The predicted octanol–water partition coefficient (Wildman–Crippen LogP) is 2.59. The van der Waals surface area contributed by atoms with Crippen LogP contribution in [-0.4, -0.2) is 37.7 Å². The Morgan fingerprint density at radius 1 is 1.22 bits per heavy atom. The zero-order valence-corrected chi connectivity index (χ0v) is 14.1. The standard InChI is InChI=1S/C15H15BrN2O5/c1-21-10-3-4-13(22-2)11(6-10)18-14(19)8-23-15(20)12-5-9(16)7-17-12/h3-7,17H,8H2,1-2H3,(H,18,19). The molecule has 2 N–H and O–H groups in total. The Kier molecular flexibility index (Phi) is 5.64. The normalized spacial score (nSPS) is 10.0. The van der Waals surface area contributed by atoms with Gasteiger partial charge >= 0.3 is 5.97 Å². The fraction of sp³-hybridized carbons (Fsp3) is 0.200. The van der Waals surface area contributed by atoms with E-state index in [0.717, 1.165) is 4.47 Å². The molecule has 23 heavy (non-hydrogen) atoms. The van der Waals surface area contributed by atoms with Crippen LogP contribution in [-0.2, 0) is 9.53 Å². The summed E-state index contributed by atoms with van der Waals surface area (Å²) in [5, 5.41) is 2.61. The summed E-state index contributed by atoms with van der Waals surface area (Å²) < 4.78 is 15.9. The van der Waals surface area contributed by atoms with Crippen molar-refractivity contribution in [1.82, 2.24) is 4.98 Å². The number of carbonyl (C=O) groups excluding carboxylic acids is 2. The molecular formula is C15H15BrN2O5. The molecule has 2 rings (SSSR count). The number of hydrogen-bond acceptors (Lipinski definition) is 5. The Morgan fingerprint density at radius 2 is 2.00 bits per heavy atom. The molecule has 0 aliphatic rings. The fourth-order valence-electron chi connectivity index (χ4n) is 1.79. The summed E-state index contributed by atoms with van der Waals surface area (Å²) in [6.07, 6.45) is 1.60. The summed E-state index contributed by atoms with van der Waals surface area (Å²) in [7, 11) is 3.00. The second-order valence-corrected chi connectivity index (χ2v) is 5.34. The topological polar surface area (TPSA) is 89.7 Å². The van der Waals surface area contributed by atoms with Gasteiger partial charge in [-0.1, -0.05) is 0 Å². The molecule has 0 aliphatic heterocycles. The molecule has 0 bridgehead atoms. The SMILES string of the molecule is COc1ccc(OC)c(NC(=O)COC(=O)c2cc(Br)c[nH]2)c1. The van der Waals surface area contributed by atoms with Crippen LogP contribution in [0.25, 0.3) is 0 Å². The van der Waals surface area contributed by atoms with Gasteiger partial charge in [0.15, 0.2) is 6.61 Å². The summed E-state index contributed by atoms with van der Waals surface area (Å²) in [5.74, 6) is -0.0768. The van der Waals surface area contributed by atoms with Crippen molar-refractivity contribution in [2.45, 2.75) is 0 Å². The van der Waals surface area contributed by atoms with Gasteiger partial charge in [0.1, 0.15) is 17.2 Å². The monoisotopic (exact) mass is 382 g/mol. The van der Waals surface area contributed by atoms with Gasteiger partial charge in [-0.25, -0.2) is 4.79 Å². The van der Waals surface area contributed by atoms with Gasteiger partial charge in [0.2, 0.25) is 0 Å². The van der Waals surface area contributed by atoms with Crippen LogP contribution in [0.1, 0.15) is 10.5 Å². The molecular weight excluding hydrogens is 368 g/mol. The first-order chi connectivity index (χ1) is 11.0. The van der Waals surface area contributed by atoms with Crippen LogP contribution in [0.3, 0.4) is 0 Å². The van der Waals surface area contributed by atoms with Crippen LogP contribution in [0, 0.1) is 0 Å². The third-order valence-corrected chi connectivity index (χ3v) is 3.34. The Labute approximate surface area is 141 Å². The highest BCUT2D eigenvalue weighted by atomic mass is 79.9. The lowest BCUT2D eigenvalue weighted by Gasteiger charge is -2.11. The minimum atomic E-state index is -0.622. The van der Waals surface area contributed by atoms with Gasteiger partial charge in [0, 0.05) is 16.7 Å². The van der Waals surface area contributed by atoms with E-state index >= 15 is 0 Å². The maximum absolute atomic E-state index is 11.9. The molecule has 2 aromatic rings. The lowest BCUT2D eigenvalue weighted by atomic mass is 10.2. The molecule has 0 aliphatic carbocycles. The molecule has 0 atom stereocenters. The van der Waals surface area contributed by atoms with Crippen LogP contribution < -0.4 is 14.8 Å². The highest BCUT2D eigenvalue weighted by Crippen LogP contribution is 2.28. The summed E-state index contributed by atoms with van der Waals surface area (Å²) in [6, 6.07) is 6.54. The summed E-state index contributed by atoms with van der Waals surface area (Å²) in [4.78, 5) is 26.4. The van der Waals surface area contributed by atoms with Gasteiger partial charge in [-0.15, -0.1) is 0 Å². The van der Waals surface area contributed by atoms with E-state index in [2.05, 4.69) is 26.2 Å². The number of aromatic nitrogens is 1. The number of aromatic amines is 1. The van der Waals surface area contributed by atoms with Gasteiger partial charge in [0.25, 0.3) is 5.91 Å². The van der Waals surface area contributed by atoms with E-state index in [-0.39, 0.29) is 5.69 Å². The molecule has 7 nitrogen and oxygen atoms in total. The van der Waals surface area contributed by atoms with Crippen LogP contribution in [0.5, 0.6) is 11.5 Å². The molecule has 0 fully saturated rings. The number of esters is 1. The summed E-state index contributed by atoms with van der Waals surface area (Å²) in [6.45, 7) is -0.421. The summed E-state index contributed by atoms with van der Waals surface area (Å²) in [5.41, 5.74) is 0.680. The van der Waals surface area contributed by atoms with E-state index in [1.165, 1.54) is 14.2 Å². The molecule has 122 valence electrons. The van der Waals surface area contributed by atoms with Gasteiger partial charge in [-0.05, 0) is 34.1 Å². The second-order valence-electron chi connectivity index (χ2n) is 4.42. The molecule has 1 aromatic carbocycles. The lowest BCUT2D eigenvalue weighted by Crippen LogP contribution is -2.21. The third-order valence-electron chi connectivity index (χ3n) is 2.88. The Hall–Kier alpha value is -2.48. The van der Waals surface area contributed by atoms with Crippen LogP contribution in [0.2, 0.25) is 0 Å². The van der Waals surface area contributed by atoms with Crippen LogP contribution in [0.15, 0.2) is 34.9 Å². The van der Waals surface area contributed by atoms with Crippen molar-refractivity contribution in [2.24, 2.45) is 0 Å². The number of nitrogens with one attached hydrogen (secondary N) is 2. The zero-order valence-electron chi connectivity index (χ0n) is 12.5. The number of benzene rings is 1. The molecule has 1 heterocycles. The number of carbonyl (C=O) groups is 2. The molecule has 0 saturated carbocycles. The Morgan fingerprint density at radius 3 is 2.61 bits per heavy atom. The molecule has 0 radical (unpaired) electrons. The minimum Gasteiger partial charge on any atom is -0.497 e. The highest BCUT2D eigenvalue weighted by Gasteiger charge is 2.14. The third kappa shape index (κ3) is 4.49.